The van der Waals surface area contributed by atoms with E-state index in [1.54, 1.807) is 58.9 Å². The summed E-state index contributed by atoms with van der Waals surface area (Å²) in [5, 5.41) is 11.3. The number of amides is 2. The summed E-state index contributed by atoms with van der Waals surface area (Å²) in [6, 6.07) is 10.7. The normalized spacial score (nSPS) is 12.3. The molecular formula is C29H40N6O3. The molecule has 0 aliphatic heterocycles. The lowest BCUT2D eigenvalue weighted by atomic mass is 10.0. The Morgan fingerprint density at radius 3 is 2.34 bits per heavy atom. The molecule has 1 aromatic heterocycles. The maximum atomic E-state index is 12.4. The molecule has 0 fully saturated rings. The first-order valence-electron chi connectivity index (χ1n) is 12.7. The van der Waals surface area contributed by atoms with Gasteiger partial charge in [0.1, 0.15) is 5.60 Å². The van der Waals surface area contributed by atoms with E-state index < -0.39 is 23.5 Å². The zero-order valence-electron chi connectivity index (χ0n) is 23.4. The van der Waals surface area contributed by atoms with Crippen molar-refractivity contribution in [3.8, 4) is 0 Å². The molecule has 1 heterocycles. The third-order valence-corrected chi connectivity index (χ3v) is 5.78. The summed E-state index contributed by atoms with van der Waals surface area (Å²) >= 11 is 0. The van der Waals surface area contributed by atoms with Crippen LogP contribution in [-0.4, -0.2) is 34.5 Å². The molecule has 2 amide bonds. The molecule has 0 aliphatic rings. The van der Waals surface area contributed by atoms with E-state index in [-0.39, 0.29) is 0 Å². The van der Waals surface area contributed by atoms with Crippen molar-refractivity contribution in [2.24, 2.45) is 10.7 Å². The van der Waals surface area contributed by atoms with Crippen LogP contribution in [0, 0.1) is 5.41 Å². The molecule has 0 saturated heterocycles. The van der Waals surface area contributed by atoms with Gasteiger partial charge in [0, 0.05) is 39.6 Å². The fraction of sp³-hybridized carbons (Fsp3) is 0.379. The Bertz CT molecular complexity index is 1330. The number of H-pyrrole nitrogens is 1. The number of carbonyl (C=O) groups is 2. The van der Waals surface area contributed by atoms with Gasteiger partial charge in [-0.1, -0.05) is 44.9 Å². The van der Waals surface area contributed by atoms with Gasteiger partial charge in [-0.15, -0.1) is 0 Å². The average Bonchev–Trinajstić information content (AvgIpc) is 3.20. The first-order chi connectivity index (χ1) is 17.8. The van der Waals surface area contributed by atoms with Crippen LogP contribution in [0.3, 0.4) is 0 Å². The van der Waals surface area contributed by atoms with Crippen molar-refractivity contribution in [3.05, 3.63) is 53.2 Å². The van der Waals surface area contributed by atoms with Crippen LogP contribution in [-0.2, 0) is 9.53 Å². The van der Waals surface area contributed by atoms with E-state index >= 15 is 0 Å². The van der Waals surface area contributed by atoms with Crippen LogP contribution < -0.4 is 16.8 Å². The molecule has 9 nitrogen and oxygen atoms in total. The Hall–Kier alpha value is -4.14. The standard InChI is InChI=1S/C25H30N6O3.C4H10/c1-13(23(28)32)21-22(20-16(12-26)17(27)10-11-19(20)30-21)29-14(2)15-8-6-7-9-18(15)31-24(33)34-25(3,4)5;1-3-4-2/h6-13,26,30H,27H2,1-5H3,(H2,28,32)(H,31,33);3-4H2,1-2H3. The first kappa shape index (κ1) is 30.1. The van der Waals surface area contributed by atoms with Crippen molar-refractivity contribution in [2.45, 2.75) is 72.8 Å². The zero-order chi connectivity index (χ0) is 28.6. The Labute approximate surface area is 224 Å². The molecule has 1 atom stereocenters. The monoisotopic (exact) mass is 520 g/mol. The lowest BCUT2D eigenvalue weighted by Gasteiger charge is -2.20. The van der Waals surface area contributed by atoms with E-state index in [1.807, 2.05) is 12.1 Å². The van der Waals surface area contributed by atoms with Gasteiger partial charge in [-0.05, 0) is 52.8 Å². The van der Waals surface area contributed by atoms with E-state index in [2.05, 4.69) is 24.1 Å². The predicted octanol–water partition coefficient (Wildman–Crippen LogP) is 6.63. The fourth-order valence-electron chi connectivity index (χ4n) is 3.61. The molecule has 1 unspecified atom stereocenters. The second-order valence-corrected chi connectivity index (χ2v) is 10.0. The summed E-state index contributed by atoms with van der Waals surface area (Å²) in [4.78, 5) is 32.4. The Kier molecular flexibility index (Phi) is 10.2. The van der Waals surface area contributed by atoms with Crippen molar-refractivity contribution in [1.82, 2.24) is 4.98 Å². The maximum Gasteiger partial charge on any atom is 0.412 e. The molecule has 38 heavy (non-hydrogen) atoms. The first-order valence-corrected chi connectivity index (χ1v) is 12.7. The van der Waals surface area contributed by atoms with Gasteiger partial charge in [-0.2, -0.15) is 0 Å². The Balaban J connectivity index is 0.00000118. The SMILES string of the molecule is CC(=Nc1c(C(C)C(N)=O)[nH]c2ccc(N)c(C=N)c12)c1ccccc1NC(=O)OC(C)(C)C.CCCC. The van der Waals surface area contributed by atoms with E-state index in [4.69, 9.17) is 26.6 Å². The van der Waals surface area contributed by atoms with Gasteiger partial charge in [-0.25, -0.2) is 4.79 Å². The highest BCUT2D eigenvalue weighted by Gasteiger charge is 2.24. The summed E-state index contributed by atoms with van der Waals surface area (Å²) in [6.45, 7) is 13.2. The molecule has 7 N–H and O–H groups in total. The molecule has 0 aliphatic carbocycles. The van der Waals surface area contributed by atoms with Crippen LogP contribution in [0.2, 0.25) is 0 Å². The summed E-state index contributed by atoms with van der Waals surface area (Å²) < 4.78 is 5.38. The van der Waals surface area contributed by atoms with Gasteiger partial charge in [0.25, 0.3) is 0 Å². The van der Waals surface area contributed by atoms with Crippen LogP contribution >= 0.6 is 0 Å². The van der Waals surface area contributed by atoms with Crippen LogP contribution in [0.4, 0.5) is 21.9 Å². The highest BCUT2D eigenvalue weighted by atomic mass is 16.6. The number of unbranched alkanes of at least 4 members (excludes halogenated alkanes) is 1. The summed E-state index contributed by atoms with van der Waals surface area (Å²) in [7, 11) is 0. The molecule has 3 aromatic rings. The number of hydrogen-bond donors (Lipinski definition) is 5. The number of ether oxygens (including phenoxy) is 1. The van der Waals surface area contributed by atoms with E-state index in [9.17, 15) is 9.59 Å². The van der Waals surface area contributed by atoms with Crippen LogP contribution in [0.15, 0.2) is 41.4 Å². The second kappa shape index (κ2) is 12.9. The quantitative estimate of drug-likeness (QED) is 0.175. The van der Waals surface area contributed by atoms with Crippen molar-refractivity contribution < 1.29 is 14.3 Å². The minimum Gasteiger partial charge on any atom is -0.444 e. The number of para-hydroxylation sites is 1. The number of nitrogens with zero attached hydrogens (tertiary/aromatic N) is 1. The molecule has 2 aromatic carbocycles. The van der Waals surface area contributed by atoms with E-state index in [0.717, 1.165) is 6.21 Å². The smallest absolute Gasteiger partial charge is 0.412 e. The number of aromatic nitrogens is 1. The van der Waals surface area contributed by atoms with Gasteiger partial charge in [-0.3, -0.25) is 15.1 Å². The largest absolute Gasteiger partial charge is 0.444 e. The summed E-state index contributed by atoms with van der Waals surface area (Å²) in [5.74, 6) is -1.18. The predicted molar refractivity (Wildman–Crippen MR) is 157 cm³/mol. The Morgan fingerprint density at radius 2 is 1.79 bits per heavy atom. The fourth-order valence-corrected chi connectivity index (χ4v) is 3.61. The van der Waals surface area contributed by atoms with Crippen molar-refractivity contribution in [1.29, 1.82) is 5.41 Å². The van der Waals surface area contributed by atoms with Crippen LogP contribution in [0.25, 0.3) is 10.9 Å². The number of aromatic amines is 1. The van der Waals surface area contributed by atoms with E-state index in [0.29, 0.717) is 50.5 Å². The van der Waals surface area contributed by atoms with Gasteiger partial charge in [0.15, 0.2) is 0 Å². The number of rotatable bonds is 7. The number of nitrogens with two attached hydrogens (primary N) is 2. The van der Waals surface area contributed by atoms with Crippen LogP contribution in [0.1, 0.15) is 84.0 Å². The maximum absolute atomic E-state index is 12.4. The average molecular weight is 521 g/mol. The topological polar surface area (TPSA) is 159 Å². The number of nitrogen functional groups attached to an aromatic ring is 1. The van der Waals surface area contributed by atoms with Gasteiger partial charge in [0.2, 0.25) is 5.91 Å². The van der Waals surface area contributed by atoms with Gasteiger partial charge >= 0.3 is 6.09 Å². The second-order valence-electron chi connectivity index (χ2n) is 10.0. The van der Waals surface area contributed by atoms with Crippen molar-refractivity contribution in [2.75, 3.05) is 11.1 Å². The molecule has 204 valence electrons. The van der Waals surface area contributed by atoms with Gasteiger partial charge in [0.05, 0.1) is 23.0 Å². The molecule has 0 spiro atoms. The molecule has 9 heteroatoms. The number of primary amides is 1. The minimum absolute atomic E-state index is 0.417. The summed E-state index contributed by atoms with van der Waals surface area (Å²) in [5.41, 5.74) is 15.4. The molecule has 0 bridgehead atoms. The number of aliphatic imine (C=N–C) groups is 1. The zero-order valence-corrected chi connectivity index (χ0v) is 23.4. The Morgan fingerprint density at radius 1 is 1.16 bits per heavy atom. The number of carbonyl (C=O) groups excluding carboxylic acids is 2. The number of fused-ring (bicyclic) bond motifs is 1. The molecule has 0 radical (unpaired) electrons. The third-order valence-electron chi connectivity index (χ3n) is 5.78. The van der Waals surface area contributed by atoms with Gasteiger partial charge < -0.3 is 26.6 Å². The molecule has 0 saturated carbocycles. The van der Waals surface area contributed by atoms with Crippen molar-refractivity contribution in [3.63, 3.8) is 0 Å². The number of benzene rings is 2. The van der Waals surface area contributed by atoms with E-state index in [1.165, 1.54) is 12.8 Å². The third kappa shape index (κ3) is 7.44. The number of hydrogen-bond acceptors (Lipinski definition) is 6. The van der Waals surface area contributed by atoms with Crippen LogP contribution in [0.5, 0.6) is 0 Å². The number of anilines is 2. The lowest BCUT2D eigenvalue weighted by Crippen LogP contribution is -2.27. The molecule has 3 rings (SSSR count). The highest BCUT2D eigenvalue weighted by molar-refractivity contribution is 6.13. The lowest BCUT2D eigenvalue weighted by molar-refractivity contribution is -0.119. The highest BCUT2D eigenvalue weighted by Crippen LogP contribution is 2.39. The number of nitrogens with one attached hydrogen (secondary N) is 3. The summed E-state index contributed by atoms with van der Waals surface area (Å²) in [6.07, 6.45) is 3.22. The molecular weight excluding hydrogens is 480 g/mol. The minimum atomic E-state index is -0.658. The van der Waals surface area contributed by atoms with Crippen molar-refractivity contribution >= 4 is 51.9 Å².